The van der Waals surface area contributed by atoms with Crippen LogP contribution in [0.25, 0.3) is 0 Å². The number of anilines is 1. The SMILES string of the molecule is CCN1C(=O)N(c2cc(Cl)cc(Cl)c2)C(=O)C12CN(S(=O)(=O)c1cccc(C(=O)O)c1)C[C@H]2c1ccc(C#N)cc1. The lowest BCUT2D eigenvalue weighted by Crippen LogP contribution is -2.55. The molecule has 0 bridgehead atoms. The number of likely N-dealkylation sites (N-methyl/N-ethyl adjacent to an activating group) is 1. The summed E-state index contributed by atoms with van der Waals surface area (Å²) < 4.78 is 28.9. The van der Waals surface area contributed by atoms with Crippen LogP contribution in [0.3, 0.4) is 0 Å². The van der Waals surface area contributed by atoms with E-state index in [0.29, 0.717) is 11.1 Å². The summed E-state index contributed by atoms with van der Waals surface area (Å²) >= 11 is 12.4. The minimum Gasteiger partial charge on any atom is -0.478 e. The molecule has 210 valence electrons. The molecule has 41 heavy (non-hydrogen) atoms. The van der Waals surface area contributed by atoms with Gasteiger partial charge in [0.1, 0.15) is 5.54 Å². The molecule has 2 fully saturated rings. The molecule has 1 N–H and O–H groups in total. The molecule has 2 saturated heterocycles. The summed E-state index contributed by atoms with van der Waals surface area (Å²) in [4.78, 5) is 41.8. The Labute approximate surface area is 246 Å². The first kappa shape index (κ1) is 28.6. The lowest BCUT2D eigenvalue weighted by Gasteiger charge is -2.35. The van der Waals surface area contributed by atoms with Gasteiger partial charge in [-0.25, -0.2) is 22.9 Å². The van der Waals surface area contributed by atoms with Crippen molar-refractivity contribution in [3.8, 4) is 6.07 Å². The number of amides is 3. The maximum atomic E-state index is 14.4. The van der Waals surface area contributed by atoms with E-state index in [4.69, 9.17) is 23.2 Å². The number of halogens is 2. The summed E-state index contributed by atoms with van der Waals surface area (Å²) in [7, 11) is -4.31. The molecule has 1 spiro atoms. The van der Waals surface area contributed by atoms with Crippen molar-refractivity contribution in [3.63, 3.8) is 0 Å². The molecule has 0 aromatic heterocycles. The normalized spacial score (nSPS) is 21.1. The quantitative estimate of drug-likeness (QED) is 0.402. The first-order chi connectivity index (χ1) is 19.4. The highest BCUT2D eigenvalue weighted by atomic mass is 35.5. The second-order valence-electron chi connectivity index (χ2n) is 9.64. The van der Waals surface area contributed by atoms with E-state index < -0.39 is 39.4 Å². The highest BCUT2D eigenvalue weighted by Gasteiger charge is 2.66. The molecular weight excluding hydrogens is 591 g/mol. The van der Waals surface area contributed by atoms with Crippen LogP contribution in [0.15, 0.2) is 71.6 Å². The van der Waals surface area contributed by atoms with Crippen LogP contribution in [0.1, 0.15) is 34.3 Å². The van der Waals surface area contributed by atoms with Crippen LogP contribution in [0, 0.1) is 11.3 Å². The summed E-state index contributed by atoms with van der Waals surface area (Å²) in [6, 6.07) is 17.0. The fraction of sp³-hybridized carbons (Fsp3) is 0.214. The van der Waals surface area contributed by atoms with Crippen molar-refractivity contribution in [1.29, 1.82) is 5.26 Å². The smallest absolute Gasteiger partial charge is 0.335 e. The molecule has 10 nitrogen and oxygen atoms in total. The van der Waals surface area contributed by atoms with E-state index >= 15 is 0 Å². The summed E-state index contributed by atoms with van der Waals surface area (Å²) in [5, 5.41) is 19.1. The van der Waals surface area contributed by atoms with Gasteiger partial charge in [0.2, 0.25) is 10.0 Å². The van der Waals surface area contributed by atoms with Crippen molar-refractivity contribution in [3.05, 3.63) is 93.5 Å². The number of hydrogen-bond donors (Lipinski definition) is 1. The maximum absolute atomic E-state index is 14.4. The average molecular weight is 613 g/mol. The van der Waals surface area contributed by atoms with Crippen LogP contribution in [-0.4, -0.2) is 65.8 Å². The van der Waals surface area contributed by atoms with Gasteiger partial charge in [-0.3, -0.25) is 4.79 Å². The Morgan fingerprint density at radius 2 is 1.73 bits per heavy atom. The zero-order valence-corrected chi connectivity index (χ0v) is 23.8. The zero-order valence-electron chi connectivity index (χ0n) is 21.5. The number of sulfonamides is 1. The minimum atomic E-state index is -4.31. The van der Waals surface area contributed by atoms with Gasteiger partial charge in [-0.1, -0.05) is 41.4 Å². The Hall–Kier alpha value is -3.95. The third kappa shape index (κ3) is 4.63. The number of nitriles is 1. The largest absolute Gasteiger partial charge is 0.478 e. The van der Waals surface area contributed by atoms with Gasteiger partial charge in [0.05, 0.1) is 27.8 Å². The standard InChI is InChI=1S/C28H22Cl2N4O6S/c1-2-33-27(38)34(22-12-20(29)11-21(30)13-22)26(37)28(33)16-32(15-24(28)18-8-6-17(14-31)7-9-18)41(39,40)23-5-3-4-19(10-23)25(35)36/h3-13,24H,2,15-16H2,1H3,(H,35,36)/t24-,28?/m0/s1. The van der Waals surface area contributed by atoms with Gasteiger partial charge in [0, 0.05) is 35.6 Å². The van der Waals surface area contributed by atoms with Crippen LogP contribution in [-0.2, 0) is 14.8 Å². The fourth-order valence-corrected chi connectivity index (χ4v) is 7.63. The first-order valence-corrected chi connectivity index (χ1v) is 14.6. The van der Waals surface area contributed by atoms with Gasteiger partial charge >= 0.3 is 12.0 Å². The van der Waals surface area contributed by atoms with Gasteiger partial charge in [0.25, 0.3) is 5.91 Å². The van der Waals surface area contributed by atoms with Crippen molar-refractivity contribution >= 4 is 56.8 Å². The van der Waals surface area contributed by atoms with Gasteiger partial charge in [-0.05, 0) is 61.0 Å². The molecule has 2 heterocycles. The Kier molecular flexibility index (Phi) is 7.29. The molecule has 3 amide bonds. The Bertz CT molecular complexity index is 1720. The molecule has 0 radical (unpaired) electrons. The molecule has 3 aromatic rings. The molecule has 5 rings (SSSR count). The van der Waals surface area contributed by atoms with Crippen LogP contribution >= 0.6 is 23.2 Å². The molecular formula is C28H22Cl2N4O6S. The van der Waals surface area contributed by atoms with E-state index in [1.165, 1.54) is 41.3 Å². The molecule has 0 aliphatic carbocycles. The number of aromatic carboxylic acids is 1. The summed E-state index contributed by atoms with van der Waals surface area (Å²) in [5.41, 5.74) is -0.817. The van der Waals surface area contributed by atoms with Crippen LogP contribution < -0.4 is 4.90 Å². The second kappa shape index (κ2) is 10.5. The van der Waals surface area contributed by atoms with Crippen molar-refractivity contribution in [2.75, 3.05) is 24.5 Å². The van der Waals surface area contributed by atoms with Crippen molar-refractivity contribution in [2.24, 2.45) is 0 Å². The van der Waals surface area contributed by atoms with E-state index in [1.807, 2.05) is 6.07 Å². The topological polar surface area (TPSA) is 139 Å². The molecule has 2 atom stereocenters. The summed E-state index contributed by atoms with van der Waals surface area (Å²) in [6.45, 7) is 1.18. The fourth-order valence-electron chi connectivity index (χ4n) is 5.58. The predicted octanol–water partition coefficient (Wildman–Crippen LogP) is 4.58. The van der Waals surface area contributed by atoms with E-state index in [0.717, 1.165) is 15.3 Å². The minimum absolute atomic E-state index is 0.0739. The lowest BCUT2D eigenvalue weighted by molar-refractivity contribution is -0.124. The molecule has 2 aliphatic heterocycles. The number of imide groups is 1. The Morgan fingerprint density at radius 3 is 2.32 bits per heavy atom. The highest BCUT2D eigenvalue weighted by Crippen LogP contribution is 2.48. The third-order valence-corrected chi connectivity index (χ3v) is 9.68. The van der Waals surface area contributed by atoms with E-state index in [-0.39, 0.29) is 45.8 Å². The van der Waals surface area contributed by atoms with Crippen molar-refractivity contribution in [2.45, 2.75) is 23.3 Å². The Balaban J connectivity index is 1.67. The van der Waals surface area contributed by atoms with E-state index in [1.54, 1.807) is 31.2 Å². The molecule has 1 unspecified atom stereocenters. The first-order valence-electron chi connectivity index (χ1n) is 12.4. The summed E-state index contributed by atoms with van der Waals surface area (Å²) in [6.07, 6.45) is 0. The third-order valence-electron chi connectivity index (χ3n) is 7.44. The van der Waals surface area contributed by atoms with Crippen LogP contribution in [0.5, 0.6) is 0 Å². The Morgan fingerprint density at radius 1 is 1.07 bits per heavy atom. The average Bonchev–Trinajstić information content (AvgIpc) is 3.44. The number of hydrogen-bond acceptors (Lipinski definition) is 6. The molecule has 2 aliphatic rings. The second-order valence-corrected chi connectivity index (χ2v) is 12.4. The van der Waals surface area contributed by atoms with Gasteiger partial charge < -0.3 is 10.0 Å². The lowest BCUT2D eigenvalue weighted by atomic mass is 9.80. The molecule has 13 heteroatoms. The molecule has 3 aromatic carbocycles. The predicted molar refractivity (Wildman–Crippen MR) is 151 cm³/mol. The van der Waals surface area contributed by atoms with Gasteiger partial charge in [-0.2, -0.15) is 9.57 Å². The number of rotatable bonds is 6. The maximum Gasteiger partial charge on any atom is 0.335 e. The number of benzene rings is 3. The van der Waals surface area contributed by atoms with Crippen molar-refractivity contribution in [1.82, 2.24) is 9.21 Å². The zero-order chi connectivity index (χ0) is 29.7. The number of carboxylic acid groups (broad SMARTS) is 1. The number of carbonyl (C=O) groups excluding carboxylic acids is 2. The monoisotopic (exact) mass is 612 g/mol. The van der Waals surface area contributed by atoms with Crippen LogP contribution in [0.4, 0.5) is 10.5 Å². The summed E-state index contributed by atoms with van der Waals surface area (Å²) in [5.74, 6) is -2.78. The number of carboxylic acids is 1. The number of nitrogens with zero attached hydrogens (tertiary/aromatic N) is 4. The van der Waals surface area contributed by atoms with Crippen LogP contribution in [0.2, 0.25) is 10.0 Å². The number of carbonyl (C=O) groups is 3. The van der Waals surface area contributed by atoms with Gasteiger partial charge in [0.15, 0.2) is 0 Å². The highest BCUT2D eigenvalue weighted by molar-refractivity contribution is 7.89. The van der Waals surface area contributed by atoms with E-state index in [9.17, 15) is 33.2 Å². The van der Waals surface area contributed by atoms with Crippen molar-refractivity contribution < 1.29 is 27.9 Å². The molecule has 0 saturated carbocycles. The number of urea groups is 1. The van der Waals surface area contributed by atoms with Gasteiger partial charge in [-0.15, -0.1) is 0 Å². The van der Waals surface area contributed by atoms with E-state index in [2.05, 4.69) is 0 Å².